The lowest BCUT2D eigenvalue weighted by Gasteiger charge is -2.13. The highest BCUT2D eigenvalue weighted by molar-refractivity contribution is 8.93. The lowest BCUT2D eigenvalue weighted by atomic mass is 10.1. The second-order valence-electron chi connectivity index (χ2n) is 5.31. The van der Waals surface area contributed by atoms with E-state index in [2.05, 4.69) is 22.2 Å². The summed E-state index contributed by atoms with van der Waals surface area (Å²) in [5.41, 5.74) is 1.86. The van der Waals surface area contributed by atoms with Crippen molar-refractivity contribution in [3.05, 3.63) is 45.8 Å². The Morgan fingerprint density at radius 1 is 1.25 bits per heavy atom. The maximum absolute atomic E-state index is 10.7. The SMILES string of the molecule is Br.CCCCCc1nnc2n1N=C(c1ccc([N+](=O)[O-])cc1)CS2. The Kier molecular flexibility index (Phi) is 6.50. The molecule has 1 aromatic heterocycles. The predicted octanol–water partition coefficient (Wildman–Crippen LogP) is 3.86. The maximum Gasteiger partial charge on any atom is 0.269 e. The van der Waals surface area contributed by atoms with Crippen molar-refractivity contribution in [3.8, 4) is 0 Å². The molecule has 1 aliphatic rings. The molecule has 0 saturated carbocycles. The fourth-order valence-corrected chi connectivity index (χ4v) is 3.23. The fraction of sp³-hybridized carbons (Fsp3) is 0.400. The van der Waals surface area contributed by atoms with Crippen molar-refractivity contribution in [2.45, 2.75) is 37.8 Å². The lowest BCUT2D eigenvalue weighted by Crippen LogP contribution is -2.14. The van der Waals surface area contributed by atoms with Crippen LogP contribution in [0.2, 0.25) is 0 Å². The van der Waals surface area contributed by atoms with Crippen molar-refractivity contribution >= 4 is 40.1 Å². The molecule has 0 unspecified atom stereocenters. The van der Waals surface area contributed by atoms with Crippen molar-refractivity contribution in [1.29, 1.82) is 0 Å². The predicted molar refractivity (Wildman–Crippen MR) is 99.3 cm³/mol. The molecule has 2 heterocycles. The van der Waals surface area contributed by atoms with Crippen LogP contribution < -0.4 is 0 Å². The number of nitrogens with zero attached hydrogens (tertiary/aromatic N) is 5. The number of nitro benzene ring substituents is 1. The molecular weight excluding hydrogens is 394 g/mol. The number of nitro groups is 1. The minimum absolute atomic E-state index is 0. The molecule has 0 atom stereocenters. The fourth-order valence-electron chi connectivity index (χ4n) is 2.37. The second-order valence-corrected chi connectivity index (χ2v) is 6.25. The van der Waals surface area contributed by atoms with Crippen LogP contribution in [0.15, 0.2) is 34.5 Å². The van der Waals surface area contributed by atoms with Gasteiger partial charge < -0.3 is 0 Å². The zero-order valence-electron chi connectivity index (χ0n) is 13.2. The summed E-state index contributed by atoms with van der Waals surface area (Å²) in [5.74, 6) is 1.56. The van der Waals surface area contributed by atoms with Gasteiger partial charge in [0.15, 0.2) is 5.82 Å². The number of aromatic nitrogens is 3. The Hall–Kier alpha value is -1.74. The number of fused-ring (bicyclic) bond motifs is 1. The molecule has 2 aromatic rings. The van der Waals surface area contributed by atoms with Gasteiger partial charge >= 0.3 is 0 Å². The highest BCUT2D eigenvalue weighted by atomic mass is 79.9. The summed E-state index contributed by atoms with van der Waals surface area (Å²) >= 11 is 1.59. The standard InChI is InChI=1S/C15H17N5O2S.BrH/c1-2-3-4-5-14-16-17-15-19(14)18-13(10-23-15)11-6-8-12(9-7-11)20(21)22;/h6-9H,2-5,10H2,1H3;1H. The molecule has 128 valence electrons. The molecule has 0 radical (unpaired) electrons. The summed E-state index contributed by atoms with van der Waals surface area (Å²) in [6.45, 7) is 2.17. The molecule has 0 saturated heterocycles. The van der Waals surface area contributed by atoms with Gasteiger partial charge in [0.05, 0.1) is 10.6 Å². The number of hydrogen-bond donors (Lipinski definition) is 0. The number of rotatable bonds is 6. The number of unbranched alkanes of at least 4 members (excludes halogenated alkanes) is 2. The van der Waals surface area contributed by atoms with E-state index >= 15 is 0 Å². The van der Waals surface area contributed by atoms with Crippen molar-refractivity contribution in [3.63, 3.8) is 0 Å². The normalized spacial score (nSPS) is 13.0. The van der Waals surface area contributed by atoms with Crippen LogP contribution in [0.25, 0.3) is 0 Å². The third kappa shape index (κ3) is 4.02. The van der Waals surface area contributed by atoms with E-state index in [1.54, 1.807) is 28.6 Å². The molecule has 0 bridgehead atoms. The summed E-state index contributed by atoms with van der Waals surface area (Å²) in [7, 11) is 0. The molecule has 1 aromatic carbocycles. The van der Waals surface area contributed by atoms with Gasteiger partial charge in [0.2, 0.25) is 5.16 Å². The third-order valence-corrected chi connectivity index (χ3v) is 4.58. The van der Waals surface area contributed by atoms with Crippen LogP contribution >= 0.6 is 28.7 Å². The summed E-state index contributed by atoms with van der Waals surface area (Å²) in [6, 6.07) is 6.49. The molecule has 3 rings (SSSR count). The Balaban J connectivity index is 0.00000208. The van der Waals surface area contributed by atoms with E-state index in [0.717, 1.165) is 47.9 Å². The van der Waals surface area contributed by atoms with Gasteiger partial charge in [0.1, 0.15) is 0 Å². The molecule has 1 aliphatic heterocycles. The Labute approximate surface area is 154 Å². The van der Waals surface area contributed by atoms with E-state index < -0.39 is 4.92 Å². The van der Waals surface area contributed by atoms with Crippen LogP contribution in [0.3, 0.4) is 0 Å². The first-order valence-corrected chi connectivity index (χ1v) is 8.57. The largest absolute Gasteiger partial charge is 0.269 e. The van der Waals surface area contributed by atoms with E-state index in [0.29, 0.717) is 5.75 Å². The van der Waals surface area contributed by atoms with Gasteiger partial charge in [-0.3, -0.25) is 10.1 Å². The van der Waals surface area contributed by atoms with E-state index in [4.69, 9.17) is 0 Å². The number of benzene rings is 1. The number of halogens is 1. The highest BCUT2D eigenvalue weighted by Gasteiger charge is 2.20. The average molecular weight is 412 g/mol. The lowest BCUT2D eigenvalue weighted by molar-refractivity contribution is -0.384. The van der Waals surface area contributed by atoms with Gasteiger partial charge in [-0.2, -0.15) is 9.78 Å². The molecule has 9 heteroatoms. The van der Waals surface area contributed by atoms with Crippen LogP contribution in [0, 0.1) is 10.1 Å². The van der Waals surface area contributed by atoms with Crippen LogP contribution in [-0.4, -0.2) is 31.3 Å². The average Bonchev–Trinajstić information content (AvgIpc) is 2.97. The quantitative estimate of drug-likeness (QED) is 0.409. The zero-order chi connectivity index (χ0) is 16.2. The molecule has 24 heavy (non-hydrogen) atoms. The summed E-state index contributed by atoms with van der Waals surface area (Å²) in [4.78, 5) is 10.3. The first-order valence-electron chi connectivity index (χ1n) is 7.59. The van der Waals surface area contributed by atoms with Crippen LogP contribution in [0.4, 0.5) is 5.69 Å². The third-order valence-electron chi connectivity index (χ3n) is 3.65. The molecule has 0 amide bonds. The van der Waals surface area contributed by atoms with Gasteiger partial charge in [0.25, 0.3) is 5.69 Å². The van der Waals surface area contributed by atoms with E-state index in [1.807, 2.05) is 0 Å². The Morgan fingerprint density at radius 3 is 2.67 bits per heavy atom. The van der Waals surface area contributed by atoms with Crippen molar-refractivity contribution in [2.24, 2.45) is 5.10 Å². The molecular formula is C15H18BrN5O2S. The van der Waals surface area contributed by atoms with E-state index in [9.17, 15) is 10.1 Å². The first kappa shape index (κ1) is 18.6. The minimum atomic E-state index is -0.398. The van der Waals surface area contributed by atoms with Gasteiger partial charge in [-0.25, -0.2) is 0 Å². The Bertz CT molecular complexity index is 745. The van der Waals surface area contributed by atoms with Gasteiger partial charge in [-0.15, -0.1) is 27.2 Å². The first-order chi connectivity index (χ1) is 11.2. The van der Waals surface area contributed by atoms with E-state index in [-0.39, 0.29) is 22.7 Å². The summed E-state index contributed by atoms with van der Waals surface area (Å²) in [6.07, 6.45) is 4.25. The highest BCUT2D eigenvalue weighted by Crippen LogP contribution is 2.25. The number of aryl methyl sites for hydroxylation is 1. The van der Waals surface area contributed by atoms with Gasteiger partial charge in [-0.1, -0.05) is 31.5 Å². The molecule has 0 aliphatic carbocycles. The topological polar surface area (TPSA) is 86.2 Å². The summed E-state index contributed by atoms with van der Waals surface area (Å²) < 4.78 is 1.81. The molecule has 7 nitrogen and oxygen atoms in total. The van der Waals surface area contributed by atoms with Crippen LogP contribution in [-0.2, 0) is 6.42 Å². The monoisotopic (exact) mass is 411 g/mol. The van der Waals surface area contributed by atoms with Crippen molar-refractivity contribution < 1.29 is 4.92 Å². The Morgan fingerprint density at radius 2 is 2.00 bits per heavy atom. The second kappa shape index (κ2) is 8.39. The maximum atomic E-state index is 10.7. The zero-order valence-corrected chi connectivity index (χ0v) is 15.7. The van der Waals surface area contributed by atoms with E-state index in [1.165, 1.54) is 12.1 Å². The number of hydrogen-bond acceptors (Lipinski definition) is 6. The smallest absolute Gasteiger partial charge is 0.258 e. The minimum Gasteiger partial charge on any atom is -0.258 e. The summed E-state index contributed by atoms with van der Waals surface area (Å²) in [5, 5.41) is 24.6. The number of thioether (sulfide) groups is 1. The number of non-ortho nitro benzene ring substituents is 1. The molecule has 0 N–H and O–H groups in total. The van der Waals surface area contributed by atoms with Gasteiger partial charge in [0, 0.05) is 24.3 Å². The van der Waals surface area contributed by atoms with Crippen LogP contribution in [0.5, 0.6) is 0 Å². The van der Waals surface area contributed by atoms with Crippen molar-refractivity contribution in [2.75, 3.05) is 5.75 Å². The molecule has 0 spiro atoms. The van der Waals surface area contributed by atoms with Crippen molar-refractivity contribution in [1.82, 2.24) is 14.9 Å². The van der Waals surface area contributed by atoms with Gasteiger partial charge in [-0.05, 0) is 24.1 Å². The molecule has 0 fully saturated rings. The van der Waals surface area contributed by atoms with Crippen LogP contribution in [0.1, 0.15) is 37.6 Å².